The Balaban J connectivity index is 1.34. The third-order valence-electron chi connectivity index (χ3n) is 7.10. The minimum Gasteiger partial charge on any atom is -0.494 e. The highest BCUT2D eigenvalue weighted by atomic mass is 16.5. The zero-order chi connectivity index (χ0) is 30.8. The number of hydrogen-bond donors (Lipinski definition) is 2. The molecule has 7 heteroatoms. The fourth-order valence-electron chi connectivity index (χ4n) is 4.71. The summed E-state index contributed by atoms with van der Waals surface area (Å²) in [6.45, 7) is 6.78. The molecule has 7 nitrogen and oxygen atoms in total. The first-order valence-corrected chi connectivity index (χ1v) is 14.5. The fourth-order valence-corrected chi connectivity index (χ4v) is 4.71. The summed E-state index contributed by atoms with van der Waals surface area (Å²) in [7, 11) is 0. The normalized spacial score (nSPS) is 11.5. The van der Waals surface area contributed by atoms with Crippen LogP contribution in [0.1, 0.15) is 47.3 Å². The van der Waals surface area contributed by atoms with Crippen molar-refractivity contribution in [2.45, 2.75) is 39.7 Å². The summed E-state index contributed by atoms with van der Waals surface area (Å²) in [5, 5.41) is 13.0. The smallest absolute Gasteiger partial charge is 0.326 e. The molecule has 4 aromatic rings. The van der Waals surface area contributed by atoms with Crippen molar-refractivity contribution >= 4 is 29.0 Å². The van der Waals surface area contributed by atoms with E-state index >= 15 is 0 Å². The Labute approximate surface area is 253 Å². The molecule has 43 heavy (non-hydrogen) atoms. The van der Waals surface area contributed by atoms with Crippen molar-refractivity contribution in [3.05, 3.63) is 125 Å². The van der Waals surface area contributed by atoms with Gasteiger partial charge in [-0.15, -0.1) is 0 Å². The average Bonchev–Trinajstić information content (AvgIpc) is 3.02. The summed E-state index contributed by atoms with van der Waals surface area (Å²) in [6.07, 6.45) is 0.868. The predicted molar refractivity (Wildman–Crippen MR) is 170 cm³/mol. The van der Waals surface area contributed by atoms with Crippen molar-refractivity contribution in [2.75, 3.05) is 23.4 Å². The minimum absolute atomic E-state index is 0.0712. The van der Waals surface area contributed by atoms with E-state index in [9.17, 15) is 19.5 Å². The first-order chi connectivity index (χ1) is 20.7. The van der Waals surface area contributed by atoms with E-state index in [0.717, 1.165) is 16.8 Å². The molecule has 0 saturated heterocycles. The number of carboxylic acids is 1. The number of aryl methyl sites for hydroxylation is 1. The van der Waals surface area contributed by atoms with E-state index in [1.54, 1.807) is 53.4 Å². The van der Waals surface area contributed by atoms with Crippen LogP contribution in [-0.2, 0) is 16.0 Å². The number of amides is 1. The first-order valence-electron chi connectivity index (χ1n) is 14.5. The minimum atomic E-state index is -1.02. The topological polar surface area (TPSA) is 95.9 Å². The Morgan fingerprint density at radius 3 is 2.14 bits per heavy atom. The lowest BCUT2D eigenvalue weighted by atomic mass is 10.00. The monoisotopic (exact) mass is 578 g/mol. The first kappa shape index (κ1) is 31.0. The van der Waals surface area contributed by atoms with Gasteiger partial charge in [-0.3, -0.25) is 9.59 Å². The van der Waals surface area contributed by atoms with Gasteiger partial charge >= 0.3 is 5.97 Å². The van der Waals surface area contributed by atoms with Crippen molar-refractivity contribution in [2.24, 2.45) is 5.92 Å². The Morgan fingerprint density at radius 1 is 0.837 bits per heavy atom. The molecule has 0 heterocycles. The summed E-state index contributed by atoms with van der Waals surface area (Å²) < 4.78 is 5.93. The highest BCUT2D eigenvalue weighted by molar-refractivity contribution is 6.12. The standard InChI is InChI=1S/C36H38N2O5/c1-25(2)35(40)38(29-18-14-26(3)15-19-29)22-9-23-43-30-20-16-27(17-21-30)24-33(36(41)42)37-32-13-8-7-12-31(32)34(39)28-10-5-4-6-11-28/h4-8,10-21,25,33,37H,9,22-24H2,1-3H3,(H,41,42). The van der Waals surface area contributed by atoms with Crippen LogP contribution in [-0.4, -0.2) is 42.0 Å². The summed E-state index contributed by atoms with van der Waals surface area (Å²) in [6, 6.07) is 30.2. The zero-order valence-electron chi connectivity index (χ0n) is 24.8. The number of nitrogens with one attached hydrogen (secondary N) is 1. The molecular weight excluding hydrogens is 540 g/mol. The Kier molecular flexibility index (Phi) is 10.7. The van der Waals surface area contributed by atoms with Crippen LogP contribution in [0.5, 0.6) is 5.75 Å². The highest BCUT2D eigenvalue weighted by Crippen LogP contribution is 2.23. The van der Waals surface area contributed by atoms with Gasteiger partial charge in [-0.2, -0.15) is 0 Å². The lowest BCUT2D eigenvalue weighted by molar-refractivity contribution is -0.137. The van der Waals surface area contributed by atoms with Crippen LogP contribution in [0.2, 0.25) is 0 Å². The van der Waals surface area contributed by atoms with Crippen LogP contribution in [0.4, 0.5) is 11.4 Å². The highest BCUT2D eigenvalue weighted by Gasteiger charge is 2.22. The van der Waals surface area contributed by atoms with E-state index in [1.807, 2.05) is 75.4 Å². The summed E-state index contributed by atoms with van der Waals surface area (Å²) >= 11 is 0. The van der Waals surface area contributed by atoms with Gasteiger partial charge in [-0.1, -0.05) is 86.1 Å². The van der Waals surface area contributed by atoms with E-state index in [1.165, 1.54) is 0 Å². The number of ketones is 1. The Hall–Kier alpha value is -4.91. The quantitative estimate of drug-likeness (QED) is 0.126. The number of carbonyl (C=O) groups excluding carboxylic acids is 2. The summed E-state index contributed by atoms with van der Waals surface area (Å²) in [5.41, 5.74) is 4.25. The molecule has 2 N–H and O–H groups in total. The Morgan fingerprint density at radius 2 is 1.49 bits per heavy atom. The molecule has 4 rings (SSSR count). The van der Waals surface area contributed by atoms with E-state index < -0.39 is 12.0 Å². The number of rotatable bonds is 14. The van der Waals surface area contributed by atoms with Gasteiger partial charge in [-0.25, -0.2) is 4.79 Å². The van der Waals surface area contributed by atoms with Gasteiger partial charge in [0.25, 0.3) is 0 Å². The van der Waals surface area contributed by atoms with E-state index in [2.05, 4.69) is 5.32 Å². The van der Waals surface area contributed by atoms with E-state index in [-0.39, 0.29) is 24.0 Å². The molecule has 0 aliphatic carbocycles. The van der Waals surface area contributed by atoms with Gasteiger partial charge in [-0.05, 0) is 55.3 Å². The molecule has 0 radical (unpaired) electrons. The molecule has 0 fully saturated rings. The molecule has 0 aliphatic heterocycles. The van der Waals surface area contributed by atoms with Crippen LogP contribution < -0.4 is 15.0 Å². The number of carboxylic acid groups (broad SMARTS) is 1. The molecule has 0 aliphatic rings. The maximum atomic E-state index is 13.1. The van der Waals surface area contributed by atoms with Crippen molar-refractivity contribution in [1.29, 1.82) is 0 Å². The molecule has 0 saturated carbocycles. The lowest BCUT2D eigenvalue weighted by Crippen LogP contribution is -2.35. The maximum absolute atomic E-state index is 13.1. The second-order valence-electron chi connectivity index (χ2n) is 10.8. The molecule has 0 aromatic heterocycles. The maximum Gasteiger partial charge on any atom is 0.326 e. The number of nitrogens with zero attached hydrogens (tertiary/aromatic N) is 1. The van der Waals surface area contributed by atoms with Crippen molar-refractivity contribution < 1.29 is 24.2 Å². The van der Waals surface area contributed by atoms with Crippen LogP contribution in [0.3, 0.4) is 0 Å². The second kappa shape index (κ2) is 14.8. The van der Waals surface area contributed by atoms with Gasteiger partial charge in [0.1, 0.15) is 11.8 Å². The van der Waals surface area contributed by atoms with Crippen LogP contribution >= 0.6 is 0 Å². The van der Waals surface area contributed by atoms with Gasteiger partial charge in [0.2, 0.25) is 5.91 Å². The molecule has 0 bridgehead atoms. The van der Waals surface area contributed by atoms with E-state index in [4.69, 9.17) is 4.74 Å². The third kappa shape index (κ3) is 8.55. The largest absolute Gasteiger partial charge is 0.494 e. The van der Waals surface area contributed by atoms with Gasteiger partial charge in [0.15, 0.2) is 5.78 Å². The SMILES string of the molecule is Cc1ccc(N(CCCOc2ccc(CC(Nc3ccccc3C(=O)c3ccccc3)C(=O)O)cc2)C(=O)C(C)C)cc1. The third-order valence-corrected chi connectivity index (χ3v) is 7.10. The van der Waals surface area contributed by atoms with Gasteiger partial charge in [0.05, 0.1) is 6.61 Å². The van der Waals surface area contributed by atoms with Crippen LogP contribution in [0.25, 0.3) is 0 Å². The van der Waals surface area contributed by atoms with E-state index in [0.29, 0.717) is 42.1 Å². The van der Waals surface area contributed by atoms with Gasteiger partial charge in [0, 0.05) is 41.4 Å². The summed E-state index contributed by atoms with van der Waals surface area (Å²) in [5.74, 6) is -0.570. The molecule has 1 amide bonds. The van der Waals surface area contributed by atoms with Crippen molar-refractivity contribution in [3.8, 4) is 5.75 Å². The molecule has 222 valence electrons. The van der Waals surface area contributed by atoms with Crippen molar-refractivity contribution in [3.63, 3.8) is 0 Å². The van der Waals surface area contributed by atoms with Crippen LogP contribution in [0, 0.1) is 12.8 Å². The average molecular weight is 579 g/mol. The fraction of sp³-hybridized carbons (Fsp3) is 0.250. The molecule has 4 aromatic carbocycles. The summed E-state index contributed by atoms with van der Waals surface area (Å²) in [4.78, 5) is 39.9. The molecule has 1 unspecified atom stereocenters. The van der Waals surface area contributed by atoms with Gasteiger partial charge < -0.3 is 20.1 Å². The van der Waals surface area contributed by atoms with Crippen molar-refractivity contribution in [1.82, 2.24) is 0 Å². The zero-order valence-corrected chi connectivity index (χ0v) is 24.8. The molecule has 1 atom stereocenters. The Bertz CT molecular complexity index is 1520. The molecule has 0 spiro atoms. The number of benzene rings is 4. The number of ether oxygens (including phenoxy) is 1. The number of anilines is 2. The number of hydrogen-bond acceptors (Lipinski definition) is 5. The second-order valence-corrected chi connectivity index (χ2v) is 10.8. The van der Waals surface area contributed by atoms with Crippen LogP contribution in [0.15, 0.2) is 103 Å². The number of aliphatic carboxylic acids is 1. The molecular formula is C36H38N2O5. The lowest BCUT2D eigenvalue weighted by Gasteiger charge is -2.25. The predicted octanol–water partition coefficient (Wildman–Crippen LogP) is 6.79. The number of para-hydroxylation sites is 1. The number of carbonyl (C=O) groups is 3.